The number of hydrogen-bond acceptors (Lipinski definition) is 5. The molecule has 0 spiro atoms. The van der Waals surface area contributed by atoms with Crippen LogP contribution in [0.25, 0.3) is 0 Å². The molecule has 1 aromatic carbocycles. The van der Waals surface area contributed by atoms with Crippen LogP contribution in [0.2, 0.25) is 0 Å². The first kappa shape index (κ1) is 19.0. The highest BCUT2D eigenvalue weighted by Crippen LogP contribution is 2.34. The van der Waals surface area contributed by atoms with E-state index in [0.717, 1.165) is 35.2 Å². The number of piperidine rings is 1. The molecule has 1 saturated heterocycles. The molecule has 5 nitrogen and oxygen atoms in total. The SMILES string of the molecule is O=S(=O)(c1ccc(F)cc1)N1CCC(c2nnc(CC3CCCC3)s2)CC1. The monoisotopic (exact) mass is 409 g/mol. The van der Waals surface area contributed by atoms with Crippen molar-refractivity contribution in [3.8, 4) is 0 Å². The molecule has 2 aliphatic rings. The van der Waals surface area contributed by atoms with Crippen LogP contribution in [0, 0.1) is 11.7 Å². The molecular weight excluding hydrogens is 385 g/mol. The summed E-state index contributed by atoms with van der Waals surface area (Å²) in [6.45, 7) is 0.920. The van der Waals surface area contributed by atoms with Crippen molar-refractivity contribution in [3.63, 3.8) is 0 Å². The van der Waals surface area contributed by atoms with Crippen molar-refractivity contribution in [2.45, 2.75) is 55.8 Å². The number of nitrogens with zero attached hydrogens (tertiary/aromatic N) is 3. The van der Waals surface area contributed by atoms with E-state index in [1.54, 1.807) is 11.3 Å². The van der Waals surface area contributed by atoms with Gasteiger partial charge in [-0.05, 0) is 43.0 Å². The van der Waals surface area contributed by atoms with Crippen molar-refractivity contribution < 1.29 is 12.8 Å². The maximum absolute atomic E-state index is 13.1. The average molecular weight is 410 g/mol. The molecule has 146 valence electrons. The first-order valence-corrected chi connectivity index (χ1v) is 11.9. The Morgan fingerprint density at radius 2 is 1.70 bits per heavy atom. The number of benzene rings is 1. The lowest BCUT2D eigenvalue weighted by molar-refractivity contribution is 0.318. The van der Waals surface area contributed by atoms with Crippen LogP contribution in [0.5, 0.6) is 0 Å². The predicted molar refractivity (Wildman–Crippen MR) is 103 cm³/mol. The Kier molecular flexibility index (Phi) is 5.57. The number of aromatic nitrogens is 2. The third kappa shape index (κ3) is 4.22. The van der Waals surface area contributed by atoms with Gasteiger partial charge in [0.1, 0.15) is 15.8 Å². The van der Waals surface area contributed by atoms with Crippen LogP contribution >= 0.6 is 11.3 Å². The Balaban J connectivity index is 1.37. The molecule has 1 saturated carbocycles. The zero-order valence-corrected chi connectivity index (χ0v) is 16.8. The Morgan fingerprint density at radius 1 is 1.04 bits per heavy atom. The topological polar surface area (TPSA) is 63.2 Å². The molecule has 2 heterocycles. The average Bonchev–Trinajstić information content (AvgIpc) is 3.35. The highest BCUT2D eigenvalue weighted by Gasteiger charge is 2.31. The molecule has 2 fully saturated rings. The zero-order chi connectivity index (χ0) is 18.9. The van der Waals surface area contributed by atoms with Gasteiger partial charge in [-0.1, -0.05) is 25.7 Å². The smallest absolute Gasteiger partial charge is 0.207 e. The summed E-state index contributed by atoms with van der Waals surface area (Å²) in [5.41, 5.74) is 0. The summed E-state index contributed by atoms with van der Waals surface area (Å²) in [6.07, 6.45) is 7.80. The fraction of sp³-hybridized carbons (Fsp3) is 0.579. The maximum Gasteiger partial charge on any atom is 0.243 e. The van der Waals surface area contributed by atoms with Crippen molar-refractivity contribution in [1.82, 2.24) is 14.5 Å². The zero-order valence-electron chi connectivity index (χ0n) is 15.2. The molecule has 1 aromatic heterocycles. The Morgan fingerprint density at radius 3 is 2.37 bits per heavy atom. The van der Waals surface area contributed by atoms with Crippen LogP contribution in [0.15, 0.2) is 29.2 Å². The summed E-state index contributed by atoms with van der Waals surface area (Å²) in [5.74, 6) is 0.602. The van der Waals surface area contributed by atoms with E-state index in [0.29, 0.717) is 13.1 Å². The van der Waals surface area contributed by atoms with Gasteiger partial charge in [-0.2, -0.15) is 4.31 Å². The van der Waals surface area contributed by atoms with E-state index in [4.69, 9.17) is 0 Å². The van der Waals surface area contributed by atoms with E-state index in [9.17, 15) is 12.8 Å². The van der Waals surface area contributed by atoms with Gasteiger partial charge in [0.2, 0.25) is 10.0 Å². The van der Waals surface area contributed by atoms with Crippen LogP contribution in [-0.2, 0) is 16.4 Å². The quantitative estimate of drug-likeness (QED) is 0.749. The fourth-order valence-electron chi connectivity index (χ4n) is 4.07. The van der Waals surface area contributed by atoms with Crippen LogP contribution in [0.4, 0.5) is 4.39 Å². The summed E-state index contributed by atoms with van der Waals surface area (Å²) >= 11 is 1.70. The Hall–Kier alpha value is -1.38. The molecular formula is C19H24FN3O2S2. The highest BCUT2D eigenvalue weighted by atomic mass is 32.2. The molecule has 0 atom stereocenters. The second kappa shape index (κ2) is 7.93. The van der Waals surface area contributed by atoms with Crippen molar-refractivity contribution in [2.24, 2.45) is 5.92 Å². The predicted octanol–water partition coefficient (Wildman–Crippen LogP) is 3.98. The summed E-state index contributed by atoms with van der Waals surface area (Å²) in [5, 5.41) is 10.9. The third-order valence-electron chi connectivity index (χ3n) is 5.68. The van der Waals surface area contributed by atoms with Gasteiger partial charge in [0.05, 0.1) is 4.90 Å². The van der Waals surface area contributed by atoms with Gasteiger partial charge >= 0.3 is 0 Å². The number of halogens is 1. The summed E-state index contributed by atoms with van der Waals surface area (Å²) in [6, 6.07) is 5.03. The minimum absolute atomic E-state index is 0.150. The normalized spacial score (nSPS) is 20.3. The van der Waals surface area contributed by atoms with Gasteiger partial charge in [0, 0.05) is 25.4 Å². The minimum Gasteiger partial charge on any atom is -0.207 e. The van der Waals surface area contributed by atoms with Gasteiger partial charge < -0.3 is 0 Å². The lowest BCUT2D eigenvalue weighted by atomic mass is 9.99. The van der Waals surface area contributed by atoms with Crippen molar-refractivity contribution in [3.05, 3.63) is 40.1 Å². The number of sulfonamides is 1. The summed E-state index contributed by atoms with van der Waals surface area (Å²) in [7, 11) is -3.56. The van der Waals surface area contributed by atoms with Crippen LogP contribution < -0.4 is 0 Å². The molecule has 1 aliphatic carbocycles. The van der Waals surface area contributed by atoms with Crippen LogP contribution in [-0.4, -0.2) is 36.0 Å². The minimum atomic E-state index is -3.56. The van der Waals surface area contributed by atoms with Gasteiger partial charge in [-0.25, -0.2) is 12.8 Å². The van der Waals surface area contributed by atoms with Crippen molar-refractivity contribution >= 4 is 21.4 Å². The molecule has 2 aromatic rings. The highest BCUT2D eigenvalue weighted by molar-refractivity contribution is 7.89. The first-order valence-electron chi connectivity index (χ1n) is 9.60. The molecule has 0 N–H and O–H groups in total. The molecule has 0 radical (unpaired) electrons. The van der Waals surface area contributed by atoms with E-state index in [1.165, 1.54) is 54.3 Å². The third-order valence-corrected chi connectivity index (χ3v) is 8.70. The number of hydrogen-bond donors (Lipinski definition) is 0. The molecule has 0 unspecified atom stereocenters. The van der Waals surface area contributed by atoms with Gasteiger partial charge in [-0.3, -0.25) is 0 Å². The second-order valence-electron chi connectivity index (χ2n) is 7.52. The second-order valence-corrected chi connectivity index (χ2v) is 10.6. The van der Waals surface area contributed by atoms with Gasteiger partial charge in [0.15, 0.2) is 0 Å². The first-order chi connectivity index (χ1) is 13.0. The standard InChI is InChI=1S/C19H24FN3O2S2/c20-16-5-7-17(8-6-16)27(24,25)23-11-9-15(10-12-23)19-22-21-18(26-19)13-14-3-1-2-4-14/h5-8,14-15H,1-4,9-13H2. The Labute approximate surface area is 163 Å². The largest absolute Gasteiger partial charge is 0.243 e. The van der Waals surface area contributed by atoms with E-state index >= 15 is 0 Å². The molecule has 1 aliphatic heterocycles. The van der Waals surface area contributed by atoms with Crippen molar-refractivity contribution in [1.29, 1.82) is 0 Å². The molecule has 8 heteroatoms. The summed E-state index contributed by atoms with van der Waals surface area (Å²) in [4.78, 5) is 0.150. The Bertz CT molecular complexity index is 869. The van der Waals surface area contributed by atoms with Crippen LogP contribution in [0.3, 0.4) is 0 Å². The fourth-order valence-corrected chi connectivity index (χ4v) is 6.67. The van der Waals surface area contributed by atoms with Crippen molar-refractivity contribution in [2.75, 3.05) is 13.1 Å². The lowest BCUT2D eigenvalue weighted by Crippen LogP contribution is -2.37. The molecule has 0 bridgehead atoms. The number of rotatable bonds is 5. The molecule has 0 amide bonds. The van der Waals surface area contributed by atoms with Crippen LogP contribution in [0.1, 0.15) is 54.5 Å². The lowest BCUT2D eigenvalue weighted by Gasteiger charge is -2.30. The van der Waals surface area contributed by atoms with E-state index in [1.807, 2.05) is 0 Å². The van der Waals surface area contributed by atoms with Gasteiger partial charge in [0.25, 0.3) is 0 Å². The van der Waals surface area contributed by atoms with E-state index in [-0.39, 0.29) is 10.8 Å². The maximum atomic E-state index is 13.1. The van der Waals surface area contributed by atoms with Gasteiger partial charge in [-0.15, -0.1) is 21.5 Å². The summed E-state index contributed by atoms with van der Waals surface area (Å²) < 4.78 is 40.0. The molecule has 27 heavy (non-hydrogen) atoms. The molecule has 4 rings (SSSR count). The van der Waals surface area contributed by atoms with E-state index in [2.05, 4.69) is 10.2 Å². The van der Waals surface area contributed by atoms with E-state index < -0.39 is 15.8 Å².